The molecule has 0 radical (unpaired) electrons. The standard InChI is InChI=1S/C45H62N3O15PS/c1-8-56-42(49)31(6)62-64(52,63-35-12-10-9-11-13-35)28-59-34-16-14-32(15-17-34)24-38(47-45(51)61-40-27-58-44-37(40)22-23-57-44)39(60-43(50)41(46)30(4)5)26-48(25-29(2)3)65(53,54)36-20-18-33(55-7)19-21-36/h9-21,29-31,37-41,44H,8,22-28,46H2,1-7H3,(H,47,51)/t31-,37-,38-,39+,40-,41-,44+,64?/m0/s1. The molecule has 0 aliphatic carbocycles. The molecule has 2 heterocycles. The molecular formula is C45H62N3O15PS. The Bertz CT molecular complexity index is 2160. The van der Waals surface area contributed by atoms with E-state index < -0.39 is 78.7 Å². The summed E-state index contributed by atoms with van der Waals surface area (Å²) in [5, 5.41) is 2.88. The average Bonchev–Trinajstić information content (AvgIpc) is 3.90. The molecule has 1 amide bonds. The second-order valence-corrected chi connectivity index (χ2v) is 20.3. The molecule has 8 atom stereocenters. The number of nitrogens with two attached hydrogens (primary N) is 1. The third kappa shape index (κ3) is 14.6. The van der Waals surface area contributed by atoms with Crippen molar-refractivity contribution in [2.75, 3.05) is 46.4 Å². The van der Waals surface area contributed by atoms with Gasteiger partial charge in [0.25, 0.3) is 0 Å². The summed E-state index contributed by atoms with van der Waals surface area (Å²) >= 11 is 0. The number of esters is 2. The molecule has 2 saturated heterocycles. The summed E-state index contributed by atoms with van der Waals surface area (Å²) in [6.45, 7) is 10.6. The lowest BCUT2D eigenvalue weighted by atomic mass is 10.00. The lowest BCUT2D eigenvalue weighted by molar-refractivity contribution is -0.154. The third-order valence-electron chi connectivity index (χ3n) is 10.6. The fraction of sp³-hybridized carbons (Fsp3) is 0.533. The first-order chi connectivity index (χ1) is 30.9. The Labute approximate surface area is 381 Å². The molecule has 2 aliphatic heterocycles. The SMILES string of the molecule is CCOC(=O)[C@H](C)OP(=O)(COc1ccc(C[C@H](NC(=O)O[C@H]2CO[C@H]3OCC[C@H]32)[C@@H](CN(CC(C)C)S(=O)(=O)c2ccc(OC)cc2)OC(=O)[C@@H](N)C(C)C)cc1)Oc1ccccc1. The van der Waals surface area contributed by atoms with Crippen LogP contribution < -0.4 is 25.0 Å². The lowest BCUT2D eigenvalue weighted by Crippen LogP contribution is -2.54. The summed E-state index contributed by atoms with van der Waals surface area (Å²) < 4.78 is 94.8. The molecule has 2 aliphatic rings. The van der Waals surface area contributed by atoms with E-state index in [-0.39, 0.29) is 66.9 Å². The van der Waals surface area contributed by atoms with Crippen LogP contribution in [0, 0.1) is 17.8 Å². The normalized spacial score (nSPS) is 20.0. The fourth-order valence-electron chi connectivity index (χ4n) is 7.06. The summed E-state index contributed by atoms with van der Waals surface area (Å²) in [5.41, 5.74) is 6.87. The van der Waals surface area contributed by atoms with Gasteiger partial charge in [0.2, 0.25) is 16.4 Å². The van der Waals surface area contributed by atoms with E-state index in [1.807, 2.05) is 13.8 Å². The van der Waals surface area contributed by atoms with Crippen LogP contribution in [0.1, 0.15) is 53.5 Å². The highest BCUT2D eigenvalue weighted by Gasteiger charge is 2.45. The van der Waals surface area contributed by atoms with E-state index in [2.05, 4.69) is 5.32 Å². The van der Waals surface area contributed by atoms with Crippen molar-refractivity contribution in [2.45, 2.75) is 96.0 Å². The number of benzene rings is 3. The van der Waals surface area contributed by atoms with Crippen LogP contribution in [0.5, 0.6) is 17.2 Å². The van der Waals surface area contributed by atoms with Crippen molar-refractivity contribution in [3.05, 3.63) is 84.4 Å². The molecular weight excluding hydrogens is 886 g/mol. The molecule has 358 valence electrons. The van der Waals surface area contributed by atoms with Gasteiger partial charge in [0.1, 0.15) is 35.5 Å². The zero-order chi connectivity index (χ0) is 47.3. The molecule has 18 nitrogen and oxygen atoms in total. The molecule has 0 aromatic heterocycles. The monoisotopic (exact) mass is 947 g/mol. The van der Waals surface area contributed by atoms with Gasteiger partial charge in [-0.25, -0.2) is 22.6 Å². The van der Waals surface area contributed by atoms with Crippen LogP contribution in [0.3, 0.4) is 0 Å². The molecule has 0 bridgehead atoms. The van der Waals surface area contributed by atoms with Gasteiger partial charge < -0.3 is 48.7 Å². The highest BCUT2D eigenvalue weighted by Crippen LogP contribution is 2.49. The summed E-state index contributed by atoms with van der Waals surface area (Å²) in [6.07, 6.45) is -4.44. The van der Waals surface area contributed by atoms with Crippen molar-refractivity contribution < 1.29 is 69.6 Å². The molecule has 0 spiro atoms. The number of hydrogen-bond donors (Lipinski definition) is 2. The van der Waals surface area contributed by atoms with Gasteiger partial charge in [0.05, 0.1) is 50.3 Å². The first kappa shape index (κ1) is 51.2. The van der Waals surface area contributed by atoms with Gasteiger partial charge in [0, 0.05) is 6.54 Å². The Kier molecular flexibility index (Phi) is 18.6. The molecule has 3 N–H and O–H groups in total. The van der Waals surface area contributed by atoms with E-state index in [9.17, 15) is 27.4 Å². The van der Waals surface area contributed by atoms with E-state index in [0.717, 1.165) is 0 Å². The van der Waals surface area contributed by atoms with E-state index in [0.29, 0.717) is 24.3 Å². The van der Waals surface area contributed by atoms with Gasteiger partial charge >= 0.3 is 25.6 Å². The van der Waals surface area contributed by atoms with E-state index in [1.54, 1.807) is 75.4 Å². The highest BCUT2D eigenvalue weighted by molar-refractivity contribution is 7.89. The maximum atomic E-state index is 14.4. The van der Waals surface area contributed by atoms with E-state index in [4.69, 9.17) is 47.9 Å². The van der Waals surface area contributed by atoms with E-state index in [1.165, 1.54) is 42.6 Å². The number of carbonyl (C=O) groups excluding carboxylic acids is 3. The molecule has 65 heavy (non-hydrogen) atoms. The minimum Gasteiger partial charge on any atom is -0.497 e. The maximum absolute atomic E-state index is 14.4. The Balaban J connectivity index is 1.45. The maximum Gasteiger partial charge on any atom is 0.417 e. The first-order valence-corrected chi connectivity index (χ1v) is 24.8. The zero-order valence-electron chi connectivity index (χ0n) is 37.9. The molecule has 3 aromatic carbocycles. The molecule has 1 unspecified atom stereocenters. The molecule has 0 saturated carbocycles. The number of hydrogen-bond acceptors (Lipinski definition) is 16. The number of rotatable bonds is 24. The Morgan fingerprint density at radius 3 is 2.20 bits per heavy atom. The highest BCUT2D eigenvalue weighted by atomic mass is 32.2. The number of nitrogens with zero attached hydrogens (tertiary/aromatic N) is 1. The summed E-state index contributed by atoms with van der Waals surface area (Å²) in [6, 6.07) is 18.6. The number of ether oxygens (including phenoxy) is 7. The summed E-state index contributed by atoms with van der Waals surface area (Å²) in [4.78, 5) is 39.9. The number of carbonyl (C=O) groups is 3. The van der Waals surface area contributed by atoms with Crippen molar-refractivity contribution in [2.24, 2.45) is 23.5 Å². The van der Waals surface area contributed by atoms with Gasteiger partial charge in [-0.15, -0.1) is 0 Å². The van der Waals surface area contributed by atoms with Gasteiger partial charge in [0.15, 0.2) is 12.4 Å². The van der Waals surface area contributed by atoms with Crippen molar-refractivity contribution in [1.82, 2.24) is 9.62 Å². The first-order valence-electron chi connectivity index (χ1n) is 21.6. The third-order valence-corrected chi connectivity index (χ3v) is 14.0. The van der Waals surface area contributed by atoms with Crippen LogP contribution in [0.2, 0.25) is 0 Å². The van der Waals surface area contributed by atoms with Crippen LogP contribution in [0.15, 0.2) is 83.8 Å². The lowest BCUT2D eigenvalue weighted by Gasteiger charge is -2.34. The molecule has 20 heteroatoms. The second-order valence-electron chi connectivity index (χ2n) is 16.5. The van der Waals surface area contributed by atoms with Crippen LogP contribution in [0.4, 0.5) is 4.79 Å². The van der Waals surface area contributed by atoms with Gasteiger partial charge in [-0.3, -0.25) is 9.32 Å². The van der Waals surface area contributed by atoms with Crippen LogP contribution in [-0.2, 0) is 58.8 Å². The summed E-state index contributed by atoms with van der Waals surface area (Å²) in [5.74, 6) is -1.26. The number of fused-ring (bicyclic) bond motifs is 1. The molecule has 2 fully saturated rings. The number of methoxy groups -OCH3 is 1. The predicted octanol–water partition coefficient (Wildman–Crippen LogP) is 5.91. The minimum absolute atomic E-state index is 0.00550. The smallest absolute Gasteiger partial charge is 0.417 e. The number of sulfonamides is 1. The van der Waals surface area contributed by atoms with Crippen LogP contribution >= 0.6 is 7.60 Å². The average molecular weight is 948 g/mol. The Hall–Kier alpha value is -4.75. The molecule has 5 rings (SSSR count). The zero-order valence-corrected chi connectivity index (χ0v) is 39.6. The number of para-hydroxylation sites is 1. The Morgan fingerprint density at radius 2 is 1.57 bits per heavy atom. The quantitative estimate of drug-likeness (QED) is 0.0604. The van der Waals surface area contributed by atoms with E-state index >= 15 is 0 Å². The van der Waals surface area contributed by atoms with Crippen molar-refractivity contribution in [1.29, 1.82) is 0 Å². The number of amides is 1. The fourth-order valence-corrected chi connectivity index (χ4v) is 10.2. The topological polar surface area (TPSA) is 227 Å². The largest absolute Gasteiger partial charge is 0.497 e. The van der Waals surface area contributed by atoms with Crippen LogP contribution in [0.25, 0.3) is 0 Å². The van der Waals surface area contributed by atoms with Crippen molar-refractivity contribution in [3.8, 4) is 17.2 Å². The van der Waals surface area contributed by atoms with Crippen molar-refractivity contribution in [3.63, 3.8) is 0 Å². The van der Waals surface area contributed by atoms with Gasteiger partial charge in [-0.05, 0) is 92.6 Å². The molecule has 3 aromatic rings. The second kappa shape index (κ2) is 23.6. The Morgan fingerprint density at radius 1 is 0.892 bits per heavy atom. The number of nitrogens with one attached hydrogen (secondary N) is 1. The van der Waals surface area contributed by atoms with Crippen molar-refractivity contribution >= 4 is 35.7 Å². The van der Waals surface area contributed by atoms with Crippen LogP contribution in [-0.4, -0.2) is 114 Å². The van der Waals surface area contributed by atoms with Gasteiger partial charge in [-0.1, -0.05) is 58.0 Å². The predicted molar refractivity (Wildman–Crippen MR) is 238 cm³/mol. The number of alkyl carbamates (subject to hydrolysis) is 1. The van der Waals surface area contributed by atoms with Gasteiger partial charge in [-0.2, -0.15) is 4.31 Å². The minimum atomic E-state index is -4.22. The summed E-state index contributed by atoms with van der Waals surface area (Å²) in [7, 11) is -6.88.